The molecule has 1 amide bonds. The molecule has 36 heavy (non-hydrogen) atoms. The van der Waals surface area contributed by atoms with Crippen molar-refractivity contribution in [1.82, 2.24) is 15.6 Å². The largest absolute Gasteiger partial charge is 0.573 e. The first-order chi connectivity index (χ1) is 16.7. The van der Waals surface area contributed by atoms with Crippen molar-refractivity contribution in [3.8, 4) is 5.75 Å². The lowest BCUT2D eigenvalue weighted by molar-refractivity contribution is -0.274. The summed E-state index contributed by atoms with van der Waals surface area (Å²) in [7, 11) is 0. The first kappa shape index (κ1) is 28.2. The smallest absolute Gasteiger partial charge is 0.406 e. The molecule has 1 aliphatic rings. The maximum absolute atomic E-state index is 13.6. The van der Waals surface area contributed by atoms with Crippen molar-refractivity contribution in [2.24, 2.45) is 11.8 Å². The first-order valence-corrected chi connectivity index (χ1v) is 12.2. The highest BCUT2D eigenvalue weighted by atomic mass is 32.1. The summed E-state index contributed by atoms with van der Waals surface area (Å²) in [6.45, 7) is 4.02. The third-order valence-electron chi connectivity index (χ3n) is 5.61. The van der Waals surface area contributed by atoms with Crippen molar-refractivity contribution in [1.29, 1.82) is 0 Å². The number of aliphatic hydroxyl groups is 1. The minimum absolute atomic E-state index is 0.0245. The van der Waals surface area contributed by atoms with E-state index < -0.39 is 46.9 Å². The van der Waals surface area contributed by atoms with Crippen LogP contribution in [0.25, 0.3) is 0 Å². The second kappa shape index (κ2) is 11.3. The SMILES string of the molecule is CC(CNCC(O)c1nc(C(F)(F)F)c(C(=O)NC(C)c2cccc(OC(F)(F)F)c2)s1)CC1CC1. The third kappa shape index (κ3) is 8.34. The molecular formula is C23H27F6N3O3S. The number of carbonyl (C=O) groups excluding carboxylic acids is 1. The molecule has 3 rings (SSSR count). The van der Waals surface area contributed by atoms with Crippen molar-refractivity contribution in [3.63, 3.8) is 0 Å². The van der Waals surface area contributed by atoms with Gasteiger partial charge in [0.2, 0.25) is 0 Å². The van der Waals surface area contributed by atoms with Gasteiger partial charge in [0, 0.05) is 6.54 Å². The van der Waals surface area contributed by atoms with Gasteiger partial charge in [-0.25, -0.2) is 4.98 Å². The Morgan fingerprint density at radius 3 is 2.50 bits per heavy atom. The predicted molar refractivity (Wildman–Crippen MR) is 120 cm³/mol. The van der Waals surface area contributed by atoms with Crippen LogP contribution in [0, 0.1) is 11.8 Å². The Morgan fingerprint density at radius 2 is 1.89 bits per heavy atom. The van der Waals surface area contributed by atoms with Crippen LogP contribution in [0.1, 0.15) is 71.2 Å². The van der Waals surface area contributed by atoms with Crippen LogP contribution in [0.3, 0.4) is 0 Å². The van der Waals surface area contributed by atoms with E-state index in [4.69, 9.17) is 0 Å². The first-order valence-electron chi connectivity index (χ1n) is 11.4. The normalized spacial score (nSPS) is 16.9. The molecule has 200 valence electrons. The van der Waals surface area contributed by atoms with Gasteiger partial charge in [-0.2, -0.15) is 13.2 Å². The zero-order valence-corrected chi connectivity index (χ0v) is 20.4. The monoisotopic (exact) mass is 539 g/mol. The fraction of sp³-hybridized carbons (Fsp3) is 0.565. The molecule has 0 saturated heterocycles. The number of halogens is 6. The maximum Gasteiger partial charge on any atom is 0.573 e. The van der Waals surface area contributed by atoms with Crippen LogP contribution in [-0.2, 0) is 6.18 Å². The van der Waals surface area contributed by atoms with Gasteiger partial charge in [-0.05, 0) is 49.4 Å². The molecule has 6 nitrogen and oxygen atoms in total. The van der Waals surface area contributed by atoms with E-state index in [1.54, 1.807) is 0 Å². The number of nitrogens with one attached hydrogen (secondary N) is 2. The molecule has 3 unspecified atom stereocenters. The van der Waals surface area contributed by atoms with Gasteiger partial charge in [0.05, 0.1) is 6.04 Å². The minimum Gasteiger partial charge on any atom is -0.406 e. The lowest BCUT2D eigenvalue weighted by atomic mass is 10.0. The molecule has 0 spiro atoms. The number of alkyl halides is 6. The van der Waals surface area contributed by atoms with E-state index in [1.165, 1.54) is 31.9 Å². The Bertz CT molecular complexity index is 1040. The zero-order chi connectivity index (χ0) is 26.7. The Kier molecular flexibility index (Phi) is 8.88. The number of amides is 1. The second-order valence-electron chi connectivity index (χ2n) is 9.00. The minimum atomic E-state index is -4.95. The van der Waals surface area contributed by atoms with Crippen LogP contribution in [0.5, 0.6) is 5.75 Å². The van der Waals surface area contributed by atoms with Crippen LogP contribution in [0.2, 0.25) is 0 Å². The molecule has 0 aliphatic heterocycles. The molecule has 1 aromatic carbocycles. The fourth-order valence-corrected chi connectivity index (χ4v) is 4.69. The molecule has 3 atom stereocenters. The van der Waals surface area contributed by atoms with Crippen LogP contribution >= 0.6 is 11.3 Å². The molecule has 0 bridgehead atoms. The highest BCUT2D eigenvalue weighted by Gasteiger charge is 2.40. The summed E-state index contributed by atoms with van der Waals surface area (Å²) < 4.78 is 82.0. The zero-order valence-electron chi connectivity index (χ0n) is 19.5. The number of ether oxygens (including phenoxy) is 1. The van der Waals surface area contributed by atoms with E-state index in [0.717, 1.165) is 24.5 Å². The maximum atomic E-state index is 13.6. The molecule has 1 aromatic heterocycles. The second-order valence-corrected chi connectivity index (χ2v) is 10.0. The summed E-state index contributed by atoms with van der Waals surface area (Å²) >= 11 is 0.424. The third-order valence-corrected chi connectivity index (χ3v) is 6.76. The van der Waals surface area contributed by atoms with E-state index >= 15 is 0 Å². The number of aromatic nitrogens is 1. The van der Waals surface area contributed by atoms with Crippen molar-refractivity contribution >= 4 is 17.2 Å². The van der Waals surface area contributed by atoms with Crippen LogP contribution in [0.15, 0.2) is 24.3 Å². The lowest BCUT2D eigenvalue weighted by Crippen LogP contribution is -2.28. The highest BCUT2D eigenvalue weighted by molar-refractivity contribution is 7.13. The Balaban J connectivity index is 1.68. The highest BCUT2D eigenvalue weighted by Crippen LogP contribution is 2.37. The van der Waals surface area contributed by atoms with Gasteiger partial charge in [0.1, 0.15) is 21.7 Å². The fourth-order valence-electron chi connectivity index (χ4n) is 3.71. The number of nitrogens with zero attached hydrogens (tertiary/aromatic N) is 1. The van der Waals surface area contributed by atoms with E-state index in [9.17, 15) is 36.2 Å². The van der Waals surface area contributed by atoms with Crippen molar-refractivity contribution < 1.29 is 41.0 Å². The Hall–Kier alpha value is -2.38. The molecule has 13 heteroatoms. The number of rotatable bonds is 11. The quantitative estimate of drug-likeness (QED) is 0.324. The number of thiazole rings is 1. The Morgan fingerprint density at radius 1 is 1.19 bits per heavy atom. The summed E-state index contributed by atoms with van der Waals surface area (Å²) in [5, 5.41) is 15.5. The van der Waals surface area contributed by atoms with Crippen molar-refractivity contribution in [3.05, 3.63) is 45.4 Å². The van der Waals surface area contributed by atoms with E-state index in [1.807, 2.05) is 0 Å². The standard InChI is InChI=1S/C23H27F6N3O3S/c1-12(8-14-6-7-14)10-30-11-17(33)21-32-19(22(24,25)26)18(36-21)20(34)31-13(2)15-4-3-5-16(9-15)35-23(27,28)29/h3-5,9,12-14,17,30,33H,6-8,10-11H2,1-2H3,(H,31,34). The van der Waals surface area contributed by atoms with Gasteiger partial charge >= 0.3 is 12.5 Å². The average Bonchev–Trinajstić information content (AvgIpc) is 3.43. The van der Waals surface area contributed by atoms with Crippen LogP contribution in [-0.4, -0.2) is 35.4 Å². The van der Waals surface area contributed by atoms with E-state index in [2.05, 4.69) is 27.3 Å². The number of hydrogen-bond acceptors (Lipinski definition) is 6. The molecule has 0 radical (unpaired) electrons. The van der Waals surface area contributed by atoms with Crippen molar-refractivity contribution in [2.75, 3.05) is 13.1 Å². The molecule has 1 fully saturated rings. The van der Waals surface area contributed by atoms with Gasteiger partial charge < -0.3 is 20.5 Å². The molecular weight excluding hydrogens is 512 g/mol. The van der Waals surface area contributed by atoms with E-state index in [0.29, 0.717) is 23.8 Å². The number of aliphatic hydroxyl groups excluding tert-OH is 1. The lowest BCUT2D eigenvalue weighted by Gasteiger charge is -2.16. The van der Waals surface area contributed by atoms with Gasteiger partial charge in [-0.15, -0.1) is 24.5 Å². The molecule has 3 N–H and O–H groups in total. The number of carbonyl (C=O) groups is 1. The van der Waals surface area contributed by atoms with Gasteiger partial charge in [-0.3, -0.25) is 4.79 Å². The van der Waals surface area contributed by atoms with Crippen LogP contribution < -0.4 is 15.4 Å². The van der Waals surface area contributed by atoms with Gasteiger partial charge in [0.15, 0.2) is 5.69 Å². The van der Waals surface area contributed by atoms with Crippen LogP contribution in [0.4, 0.5) is 26.3 Å². The summed E-state index contributed by atoms with van der Waals surface area (Å²) in [5.74, 6) is -0.559. The predicted octanol–water partition coefficient (Wildman–Crippen LogP) is 5.61. The Labute approximate surface area is 208 Å². The van der Waals surface area contributed by atoms with Crippen molar-refractivity contribution in [2.45, 2.75) is 57.8 Å². The molecule has 2 aromatic rings. The summed E-state index contributed by atoms with van der Waals surface area (Å²) in [6, 6.07) is 3.81. The number of hydrogen-bond donors (Lipinski definition) is 3. The number of benzene rings is 1. The summed E-state index contributed by atoms with van der Waals surface area (Å²) in [5.41, 5.74) is -1.24. The average molecular weight is 540 g/mol. The topological polar surface area (TPSA) is 83.5 Å². The molecule has 1 heterocycles. The van der Waals surface area contributed by atoms with Gasteiger partial charge in [0.25, 0.3) is 5.91 Å². The molecule has 1 aliphatic carbocycles. The molecule has 1 saturated carbocycles. The summed E-state index contributed by atoms with van der Waals surface area (Å²) in [6.07, 6.45) is -7.75. The van der Waals surface area contributed by atoms with E-state index in [-0.39, 0.29) is 17.1 Å². The summed E-state index contributed by atoms with van der Waals surface area (Å²) in [4.78, 5) is 15.5. The van der Waals surface area contributed by atoms with Gasteiger partial charge in [-0.1, -0.05) is 31.9 Å².